The maximum Gasteiger partial charge on any atom is 0.403 e. The quantitative estimate of drug-likeness (QED) is 0.867. The van der Waals surface area contributed by atoms with Crippen molar-refractivity contribution in [3.63, 3.8) is 0 Å². The van der Waals surface area contributed by atoms with Gasteiger partial charge < -0.3 is 14.6 Å². The van der Waals surface area contributed by atoms with Crippen LogP contribution >= 0.6 is 11.8 Å². The molecule has 0 amide bonds. The number of aliphatic carboxylic acids is 1. The van der Waals surface area contributed by atoms with Crippen LogP contribution < -0.4 is 9.47 Å². The van der Waals surface area contributed by atoms with Gasteiger partial charge >= 0.3 is 12.1 Å². The first-order valence-electron chi connectivity index (χ1n) is 5.70. The number of benzene rings is 1. The largest absolute Gasteiger partial charge is 0.486 e. The first kappa shape index (κ1) is 14.8. The van der Waals surface area contributed by atoms with E-state index < -0.39 is 23.8 Å². The van der Waals surface area contributed by atoms with E-state index >= 15 is 0 Å². The Morgan fingerprint density at radius 1 is 1.30 bits per heavy atom. The SMILES string of the molecule is O=C(O)C(CSc1ccc2c(c1)OCCO2)C(F)(F)F. The average Bonchev–Trinajstić information content (AvgIpc) is 2.36. The van der Waals surface area contributed by atoms with Crippen molar-refractivity contribution in [3.05, 3.63) is 18.2 Å². The Kier molecular flexibility index (Phi) is 4.32. The van der Waals surface area contributed by atoms with Gasteiger partial charge in [-0.25, -0.2) is 0 Å². The molecule has 1 aromatic rings. The van der Waals surface area contributed by atoms with Crippen molar-refractivity contribution >= 4 is 17.7 Å². The summed E-state index contributed by atoms with van der Waals surface area (Å²) in [6, 6.07) is 4.72. The van der Waals surface area contributed by atoms with E-state index in [0.29, 0.717) is 29.6 Å². The molecule has 1 N–H and O–H groups in total. The summed E-state index contributed by atoms with van der Waals surface area (Å²) in [4.78, 5) is 11.1. The maximum absolute atomic E-state index is 12.5. The number of thioether (sulfide) groups is 1. The van der Waals surface area contributed by atoms with Crippen molar-refractivity contribution in [2.75, 3.05) is 19.0 Å². The Balaban J connectivity index is 2.05. The third-order valence-corrected chi connectivity index (χ3v) is 3.71. The molecule has 1 heterocycles. The molecule has 2 rings (SSSR count). The number of carboxylic acid groups (broad SMARTS) is 1. The third-order valence-electron chi connectivity index (χ3n) is 2.62. The lowest BCUT2D eigenvalue weighted by Gasteiger charge is -2.19. The summed E-state index contributed by atoms with van der Waals surface area (Å²) in [5.41, 5.74) is 0. The molecule has 1 aromatic carbocycles. The van der Waals surface area contributed by atoms with Gasteiger partial charge in [0.15, 0.2) is 17.4 Å². The summed E-state index contributed by atoms with van der Waals surface area (Å²) in [5.74, 6) is -3.85. The van der Waals surface area contributed by atoms with Crippen molar-refractivity contribution in [1.29, 1.82) is 0 Å². The van der Waals surface area contributed by atoms with Crippen LogP contribution in [-0.4, -0.2) is 36.2 Å². The smallest absolute Gasteiger partial charge is 0.403 e. The molecular weight excluding hydrogens is 297 g/mol. The minimum atomic E-state index is -4.76. The molecule has 1 aliphatic rings. The van der Waals surface area contributed by atoms with Crippen LogP contribution in [0.15, 0.2) is 23.1 Å². The Bertz CT molecular complexity index is 504. The molecule has 1 aliphatic heterocycles. The summed E-state index contributed by atoms with van der Waals surface area (Å²) >= 11 is 0.820. The van der Waals surface area contributed by atoms with E-state index in [-0.39, 0.29) is 0 Å². The zero-order valence-electron chi connectivity index (χ0n) is 10.1. The number of ether oxygens (including phenoxy) is 2. The van der Waals surface area contributed by atoms with Gasteiger partial charge in [-0.3, -0.25) is 4.79 Å². The van der Waals surface area contributed by atoms with Crippen molar-refractivity contribution < 1.29 is 32.5 Å². The molecule has 20 heavy (non-hydrogen) atoms. The Morgan fingerprint density at radius 2 is 1.95 bits per heavy atom. The number of halogens is 3. The lowest BCUT2D eigenvalue weighted by atomic mass is 10.2. The van der Waals surface area contributed by atoms with E-state index in [2.05, 4.69) is 0 Å². The lowest BCUT2D eigenvalue weighted by Crippen LogP contribution is -2.32. The Labute approximate surface area is 116 Å². The molecule has 0 radical (unpaired) electrons. The zero-order chi connectivity index (χ0) is 14.8. The van der Waals surface area contributed by atoms with Crippen LogP contribution in [0.1, 0.15) is 0 Å². The van der Waals surface area contributed by atoms with Crippen LogP contribution in [0.5, 0.6) is 11.5 Å². The highest BCUT2D eigenvalue weighted by molar-refractivity contribution is 7.99. The standard InChI is InChI=1S/C12H11F3O4S/c13-12(14,15)8(11(16)17)6-20-7-1-2-9-10(5-7)19-4-3-18-9/h1-2,5,8H,3-4,6H2,(H,16,17). The van der Waals surface area contributed by atoms with E-state index in [9.17, 15) is 18.0 Å². The first-order valence-corrected chi connectivity index (χ1v) is 6.68. The molecular formula is C12H11F3O4S. The summed E-state index contributed by atoms with van der Waals surface area (Å²) in [7, 11) is 0. The topological polar surface area (TPSA) is 55.8 Å². The van der Waals surface area contributed by atoms with Gasteiger partial charge in [-0.05, 0) is 18.2 Å². The summed E-state index contributed by atoms with van der Waals surface area (Å²) in [6.07, 6.45) is -4.76. The lowest BCUT2D eigenvalue weighted by molar-refractivity contribution is -0.188. The zero-order valence-corrected chi connectivity index (χ0v) is 11.0. The highest BCUT2D eigenvalue weighted by Gasteiger charge is 2.44. The number of hydrogen-bond acceptors (Lipinski definition) is 4. The summed E-state index contributed by atoms with van der Waals surface area (Å²) in [5, 5.41) is 8.60. The Morgan fingerprint density at radius 3 is 2.55 bits per heavy atom. The van der Waals surface area contributed by atoms with Crippen LogP contribution in [0.3, 0.4) is 0 Å². The minimum absolute atomic E-state index is 0.376. The third kappa shape index (κ3) is 3.50. The number of hydrogen-bond donors (Lipinski definition) is 1. The van der Waals surface area contributed by atoms with Crippen LogP contribution in [0.4, 0.5) is 13.2 Å². The maximum atomic E-state index is 12.5. The highest BCUT2D eigenvalue weighted by Crippen LogP contribution is 2.36. The van der Waals surface area contributed by atoms with Crippen LogP contribution in [0.2, 0.25) is 0 Å². The fourth-order valence-corrected chi connectivity index (χ4v) is 2.64. The number of fused-ring (bicyclic) bond motifs is 1. The van der Waals surface area contributed by atoms with E-state index in [4.69, 9.17) is 14.6 Å². The number of rotatable bonds is 4. The second-order valence-corrected chi connectivity index (χ2v) is 5.14. The van der Waals surface area contributed by atoms with Crippen molar-refractivity contribution in [2.24, 2.45) is 5.92 Å². The van der Waals surface area contributed by atoms with E-state index in [1.807, 2.05) is 0 Å². The number of alkyl halides is 3. The molecule has 0 spiro atoms. The molecule has 110 valence electrons. The van der Waals surface area contributed by atoms with Gasteiger partial charge in [-0.15, -0.1) is 11.8 Å². The molecule has 1 atom stereocenters. The fraction of sp³-hybridized carbons (Fsp3) is 0.417. The normalized spacial score (nSPS) is 15.8. The fourth-order valence-electron chi connectivity index (χ4n) is 1.60. The van der Waals surface area contributed by atoms with E-state index in [1.165, 1.54) is 0 Å². The van der Waals surface area contributed by atoms with Gasteiger partial charge in [0.05, 0.1) is 0 Å². The predicted octanol–water partition coefficient (Wildman–Crippen LogP) is 2.81. The Hall–Kier alpha value is -1.57. The molecule has 1 unspecified atom stereocenters. The molecule has 0 aromatic heterocycles. The van der Waals surface area contributed by atoms with Gasteiger partial charge in [-0.1, -0.05) is 0 Å². The monoisotopic (exact) mass is 308 g/mol. The van der Waals surface area contributed by atoms with Gasteiger partial charge in [0.25, 0.3) is 0 Å². The molecule has 0 fully saturated rings. The van der Waals surface area contributed by atoms with Crippen molar-refractivity contribution in [1.82, 2.24) is 0 Å². The molecule has 4 nitrogen and oxygen atoms in total. The second kappa shape index (κ2) is 5.82. The van der Waals surface area contributed by atoms with Crippen molar-refractivity contribution in [2.45, 2.75) is 11.1 Å². The number of carbonyl (C=O) groups is 1. The first-order chi connectivity index (χ1) is 9.38. The van der Waals surface area contributed by atoms with Gasteiger partial charge in [0.2, 0.25) is 0 Å². The van der Waals surface area contributed by atoms with Crippen LogP contribution in [-0.2, 0) is 4.79 Å². The van der Waals surface area contributed by atoms with Gasteiger partial charge in [0, 0.05) is 10.6 Å². The molecule has 0 aliphatic carbocycles. The second-order valence-electron chi connectivity index (χ2n) is 4.05. The minimum Gasteiger partial charge on any atom is -0.486 e. The van der Waals surface area contributed by atoms with E-state index in [0.717, 1.165) is 11.8 Å². The number of carboxylic acids is 1. The molecule has 8 heteroatoms. The molecule has 0 saturated heterocycles. The predicted molar refractivity (Wildman–Crippen MR) is 65.3 cm³/mol. The highest BCUT2D eigenvalue weighted by atomic mass is 32.2. The molecule has 0 bridgehead atoms. The van der Waals surface area contributed by atoms with Gasteiger partial charge in [-0.2, -0.15) is 13.2 Å². The van der Waals surface area contributed by atoms with Crippen LogP contribution in [0.25, 0.3) is 0 Å². The van der Waals surface area contributed by atoms with Crippen LogP contribution in [0, 0.1) is 5.92 Å². The van der Waals surface area contributed by atoms with Crippen molar-refractivity contribution in [3.8, 4) is 11.5 Å². The summed E-state index contributed by atoms with van der Waals surface area (Å²) < 4.78 is 48.1. The van der Waals surface area contributed by atoms with E-state index in [1.54, 1.807) is 18.2 Å². The van der Waals surface area contributed by atoms with Gasteiger partial charge in [0.1, 0.15) is 13.2 Å². The average molecular weight is 308 g/mol. The molecule has 0 saturated carbocycles. The summed E-state index contributed by atoms with van der Waals surface area (Å²) in [6.45, 7) is 0.802.